The van der Waals surface area contributed by atoms with Crippen molar-refractivity contribution in [3.63, 3.8) is 0 Å². The smallest absolute Gasteiger partial charge is 0.132 e. The molecule has 0 aromatic carbocycles. The molecule has 1 N–H and O–H groups in total. The van der Waals surface area contributed by atoms with Gasteiger partial charge in [0, 0.05) is 6.04 Å². The second kappa shape index (κ2) is 6.63. The van der Waals surface area contributed by atoms with Crippen LogP contribution in [0.25, 0.3) is 0 Å². The molecule has 1 aromatic rings. The Kier molecular flexibility index (Phi) is 4.86. The average molecular weight is 247 g/mol. The molecule has 0 amide bonds. The summed E-state index contributed by atoms with van der Waals surface area (Å²) in [5.41, 5.74) is 0. The molecule has 0 saturated carbocycles. The summed E-state index contributed by atoms with van der Waals surface area (Å²) in [6, 6.07) is 4.00. The van der Waals surface area contributed by atoms with Crippen LogP contribution < -0.4 is 0 Å². The maximum atomic E-state index is 10.2. The molecule has 3 nitrogen and oxygen atoms in total. The summed E-state index contributed by atoms with van der Waals surface area (Å²) in [7, 11) is 0. The van der Waals surface area contributed by atoms with Gasteiger partial charge in [-0.25, -0.2) is 0 Å². The van der Waals surface area contributed by atoms with E-state index < -0.39 is 6.10 Å². The molecule has 18 heavy (non-hydrogen) atoms. The van der Waals surface area contributed by atoms with Gasteiger partial charge < -0.3 is 9.52 Å². The average Bonchev–Trinajstić information content (AvgIpc) is 2.82. The number of aliphatic hydroxyl groups excluding tert-OH is 1. The zero-order chi connectivity index (χ0) is 12.8. The first kappa shape index (κ1) is 13.2. The van der Waals surface area contributed by atoms with Crippen molar-refractivity contribution in [3.8, 4) is 12.3 Å². The monoisotopic (exact) mass is 247 g/mol. The van der Waals surface area contributed by atoms with E-state index in [0.29, 0.717) is 24.8 Å². The van der Waals surface area contributed by atoms with Crippen molar-refractivity contribution < 1.29 is 9.52 Å². The zero-order valence-electron chi connectivity index (χ0n) is 10.7. The van der Waals surface area contributed by atoms with Gasteiger partial charge in [0.25, 0.3) is 0 Å². The van der Waals surface area contributed by atoms with Crippen LogP contribution >= 0.6 is 0 Å². The molecular weight excluding hydrogens is 226 g/mol. The molecule has 0 radical (unpaired) electrons. The molecule has 2 unspecified atom stereocenters. The molecule has 2 rings (SSSR count). The van der Waals surface area contributed by atoms with Gasteiger partial charge in [0.2, 0.25) is 0 Å². The lowest BCUT2D eigenvalue weighted by Crippen LogP contribution is -2.36. The van der Waals surface area contributed by atoms with Gasteiger partial charge in [0.15, 0.2) is 0 Å². The maximum absolute atomic E-state index is 10.2. The molecule has 2 heterocycles. The number of aliphatic hydroxyl groups is 1. The quantitative estimate of drug-likeness (QED) is 0.831. The largest absolute Gasteiger partial charge is 0.467 e. The van der Waals surface area contributed by atoms with Crippen LogP contribution in [-0.4, -0.2) is 29.1 Å². The lowest BCUT2D eigenvalue weighted by Gasteiger charge is -2.29. The Labute approximate surface area is 109 Å². The molecule has 1 aliphatic heterocycles. The highest BCUT2D eigenvalue weighted by Crippen LogP contribution is 2.26. The van der Waals surface area contributed by atoms with Crippen LogP contribution in [-0.2, 0) is 0 Å². The minimum atomic E-state index is -0.525. The van der Waals surface area contributed by atoms with E-state index in [0.717, 1.165) is 13.0 Å². The van der Waals surface area contributed by atoms with Gasteiger partial charge >= 0.3 is 0 Å². The lowest BCUT2D eigenvalue weighted by atomic mass is 10.0. The van der Waals surface area contributed by atoms with E-state index in [1.54, 1.807) is 6.26 Å². The van der Waals surface area contributed by atoms with Crippen molar-refractivity contribution in [2.45, 2.75) is 44.2 Å². The molecular formula is C15H21NO2. The second-order valence-electron chi connectivity index (χ2n) is 4.94. The van der Waals surface area contributed by atoms with Crippen molar-refractivity contribution in [3.05, 3.63) is 24.2 Å². The number of nitrogens with zero attached hydrogens (tertiary/aromatic N) is 1. The van der Waals surface area contributed by atoms with E-state index in [9.17, 15) is 5.11 Å². The molecule has 0 bridgehead atoms. The van der Waals surface area contributed by atoms with Crippen molar-refractivity contribution >= 4 is 0 Å². The molecule has 1 aliphatic rings. The van der Waals surface area contributed by atoms with Gasteiger partial charge in [0.05, 0.1) is 12.8 Å². The van der Waals surface area contributed by atoms with Crippen LogP contribution in [0.5, 0.6) is 0 Å². The van der Waals surface area contributed by atoms with Gasteiger partial charge in [-0.2, -0.15) is 0 Å². The van der Waals surface area contributed by atoms with E-state index >= 15 is 0 Å². The Balaban J connectivity index is 1.97. The third kappa shape index (κ3) is 3.38. The third-order valence-corrected chi connectivity index (χ3v) is 3.66. The van der Waals surface area contributed by atoms with Crippen molar-refractivity contribution in [1.29, 1.82) is 0 Å². The van der Waals surface area contributed by atoms with Crippen LogP contribution in [0.1, 0.15) is 44.0 Å². The lowest BCUT2D eigenvalue weighted by molar-refractivity contribution is 0.0919. The Morgan fingerprint density at radius 3 is 3.11 bits per heavy atom. The maximum Gasteiger partial charge on any atom is 0.132 e. The summed E-state index contributed by atoms with van der Waals surface area (Å²) in [6.07, 6.45) is 12.0. The Hall–Kier alpha value is -1.24. The van der Waals surface area contributed by atoms with E-state index in [1.807, 2.05) is 12.1 Å². The van der Waals surface area contributed by atoms with Crippen LogP contribution in [0.2, 0.25) is 0 Å². The number of likely N-dealkylation sites (tertiary alicyclic amines) is 1. The molecule has 1 fully saturated rings. The van der Waals surface area contributed by atoms with E-state index in [2.05, 4.69) is 10.8 Å². The number of furan rings is 1. The fourth-order valence-corrected chi connectivity index (χ4v) is 2.68. The first-order chi connectivity index (χ1) is 8.81. The van der Waals surface area contributed by atoms with Gasteiger partial charge in [-0.3, -0.25) is 4.90 Å². The minimum Gasteiger partial charge on any atom is -0.467 e. The molecule has 1 aromatic heterocycles. The molecule has 0 aliphatic carbocycles. The summed E-state index contributed by atoms with van der Waals surface area (Å²) < 4.78 is 5.25. The van der Waals surface area contributed by atoms with Crippen LogP contribution in [0, 0.1) is 12.3 Å². The minimum absolute atomic E-state index is 0.364. The Morgan fingerprint density at radius 2 is 2.39 bits per heavy atom. The summed E-state index contributed by atoms with van der Waals surface area (Å²) in [5, 5.41) is 10.2. The van der Waals surface area contributed by atoms with Crippen LogP contribution in [0.4, 0.5) is 0 Å². The van der Waals surface area contributed by atoms with Gasteiger partial charge in [-0.05, 0) is 37.9 Å². The highest BCUT2D eigenvalue weighted by atomic mass is 16.4. The molecule has 0 spiro atoms. The summed E-state index contributed by atoms with van der Waals surface area (Å²) in [4.78, 5) is 2.32. The van der Waals surface area contributed by atoms with Gasteiger partial charge in [-0.1, -0.05) is 18.8 Å². The summed E-state index contributed by atoms with van der Waals surface area (Å²) in [5.74, 6) is 3.38. The SMILES string of the molecule is C#CCN1CCCCCC1CC(O)c1ccco1. The van der Waals surface area contributed by atoms with Crippen LogP contribution in [0.15, 0.2) is 22.8 Å². The number of rotatable bonds is 4. The van der Waals surface area contributed by atoms with Crippen molar-refractivity contribution in [2.75, 3.05) is 13.1 Å². The van der Waals surface area contributed by atoms with Gasteiger partial charge in [0.1, 0.15) is 11.9 Å². The second-order valence-corrected chi connectivity index (χ2v) is 4.94. The van der Waals surface area contributed by atoms with Crippen molar-refractivity contribution in [2.24, 2.45) is 0 Å². The first-order valence-corrected chi connectivity index (χ1v) is 6.70. The Morgan fingerprint density at radius 1 is 1.50 bits per heavy atom. The van der Waals surface area contributed by atoms with E-state index in [1.165, 1.54) is 19.3 Å². The zero-order valence-corrected chi connectivity index (χ0v) is 10.7. The highest BCUT2D eigenvalue weighted by Gasteiger charge is 2.24. The third-order valence-electron chi connectivity index (χ3n) is 3.66. The predicted octanol–water partition coefficient (Wildman–Crippen LogP) is 2.58. The van der Waals surface area contributed by atoms with Crippen molar-refractivity contribution in [1.82, 2.24) is 4.90 Å². The van der Waals surface area contributed by atoms with E-state index in [-0.39, 0.29) is 0 Å². The van der Waals surface area contributed by atoms with E-state index in [4.69, 9.17) is 10.8 Å². The predicted molar refractivity (Wildman–Crippen MR) is 70.9 cm³/mol. The summed E-state index contributed by atoms with van der Waals surface area (Å²) in [6.45, 7) is 1.72. The normalized spacial score (nSPS) is 23.2. The topological polar surface area (TPSA) is 36.6 Å². The number of terminal acetylenes is 1. The highest BCUT2D eigenvalue weighted by molar-refractivity contribution is 5.03. The molecule has 98 valence electrons. The van der Waals surface area contributed by atoms with Gasteiger partial charge in [-0.15, -0.1) is 6.42 Å². The number of hydrogen-bond donors (Lipinski definition) is 1. The fraction of sp³-hybridized carbons (Fsp3) is 0.600. The first-order valence-electron chi connectivity index (χ1n) is 6.70. The molecule has 1 saturated heterocycles. The summed E-state index contributed by atoms with van der Waals surface area (Å²) >= 11 is 0. The van der Waals surface area contributed by atoms with Crippen LogP contribution in [0.3, 0.4) is 0 Å². The number of hydrogen-bond acceptors (Lipinski definition) is 3. The fourth-order valence-electron chi connectivity index (χ4n) is 2.68. The molecule has 2 atom stereocenters. The standard InChI is InChI=1S/C15H21NO2/c1-2-9-16-10-5-3-4-7-13(16)12-14(17)15-8-6-11-18-15/h1,6,8,11,13-14,17H,3-5,7,9-10,12H2. The Bertz CT molecular complexity index is 380. The molecule has 3 heteroatoms.